The maximum absolute atomic E-state index is 11.3. The average Bonchev–Trinajstić information content (AvgIpc) is 2.61. The van der Waals surface area contributed by atoms with E-state index in [0.29, 0.717) is 10.6 Å². The Morgan fingerprint density at radius 2 is 2.29 bits per heavy atom. The summed E-state index contributed by atoms with van der Waals surface area (Å²) in [6.45, 7) is 3.68. The van der Waals surface area contributed by atoms with Gasteiger partial charge in [-0.3, -0.25) is 0 Å². The molecule has 0 aliphatic carbocycles. The van der Waals surface area contributed by atoms with Gasteiger partial charge in [-0.05, 0) is 39.7 Å². The van der Waals surface area contributed by atoms with Crippen molar-refractivity contribution < 1.29 is 9.26 Å². The predicted molar refractivity (Wildman–Crippen MR) is 68.4 cm³/mol. The zero-order chi connectivity index (χ0) is 12.4. The molecule has 0 spiro atoms. The zero-order valence-electron chi connectivity index (χ0n) is 9.12. The van der Waals surface area contributed by atoms with Crippen molar-refractivity contribution in [3.63, 3.8) is 0 Å². The first-order valence-corrected chi connectivity index (χ1v) is 5.63. The van der Waals surface area contributed by atoms with Crippen LogP contribution in [0.1, 0.15) is 5.56 Å². The molecule has 0 aliphatic rings. The van der Waals surface area contributed by atoms with Crippen LogP contribution in [0.5, 0.6) is 5.75 Å². The Morgan fingerprint density at radius 1 is 1.53 bits per heavy atom. The van der Waals surface area contributed by atoms with E-state index in [0.717, 1.165) is 15.8 Å². The van der Waals surface area contributed by atoms with Gasteiger partial charge in [0.05, 0.1) is 22.2 Å². The van der Waals surface area contributed by atoms with Crippen LogP contribution in [0.4, 0.5) is 0 Å². The largest absolute Gasteiger partial charge is 0.496 e. The number of nitrogens with one attached hydrogen (secondary N) is 1. The molecule has 0 saturated carbocycles. The Morgan fingerprint density at radius 3 is 2.82 bits per heavy atom. The number of hydrogen-bond donors (Lipinski definition) is 1. The van der Waals surface area contributed by atoms with E-state index < -0.39 is 5.63 Å². The molecule has 88 valence electrons. The Bertz CT molecular complexity index is 669. The summed E-state index contributed by atoms with van der Waals surface area (Å²) in [5, 5.41) is 3.31. The van der Waals surface area contributed by atoms with E-state index in [4.69, 9.17) is 4.74 Å². The molecule has 1 N–H and O–H groups in total. The fraction of sp³-hybridized carbons (Fsp3) is 0.0833. The van der Waals surface area contributed by atoms with Crippen LogP contribution in [0, 0.1) is 0 Å². The van der Waals surface area contributed by atoms with E-state index >= 15 is 0 Å². The Hall–Kier alpha value is -1.75. The van der Waals surface area contributed by atoms with E-state index in [2.05, 4.69) is 32.2 Å². The minimum absolute atomic E-state index is 0.419. The second-order valence-corrected chi connectivity index (χ2v) is 4.28. The summed E-state index contributed by atoms with van der Waals surface area (Å²) in [4.78, 5) is 11.3. The molecule has 0 amide bonds. The van der Waals surface area contributed by atoms with E-state index in [1.807, 2.05) is 18.2 Å². The molecule has 1 aromatic heterocycles. The summed E-state index contributed by atoms with van der Waals surface area (Å²) in [7, 11) is 1.60. The van der Waals surface area contributed by atoms with Gasteiger partial charge < -0.3 is 9.26 Å². The Kier molecular flexibility index (Phi) is 3.19. The van der Waals surface area contributed by atoms with Crippen molar-refractivity contribution in [2.75, 3.05) is 7.11 Å². The molecule has 17 heavy (non-hydrogen) atoms. The van der Waals surface area contributed by atoms with Gasteiger partial charge in [-0.2, -0.15) is 0 Å². The third kappa shape index (κ3) is 2.34. The van der Waals surface area contributed by atoms with Crippen molar-refractivity contribution in [3.05, 3.63) is 49.2 Å². The highest BCUT2D eigenvalue weighted by Crippen LogP contribution is 2.25. The first kappa shape index (κ1) is 11.7. The van der Waals surface area contributed by atoms with Crippen LogP contribution in [0.2, 0.25) is 0 Å². The molecule has 0 unspecified atom stereocenters. The summed E-state index contributed by atoms with van der Waals surface area (Å²) in [5.74, 6) is 0.734. The van der Waals surface area contributed by atoms with Gasteiger partial charge in [0, 0.05) is 0 Å². The monoisotopic (exact) mass is 295 g/mol. The smallest absolute Gasteiger partial charge is 0.365 e. The van der Waals surface area contributed by atoms with Crippen molar-refractivity contribution in [1.29, 1.82) is 0 Å². The molecule has 4 nitrogen and oxygen atoms in total. The third-order valence-electron chi connectivity index (χ3n) is 2.30. The van der Waals surface area contributed by atoms with Crippen molar-refractivity contribution >= 4 is 28.6 Å². The van der Waals surface area contributed by atoms with E-state index in [1.165, 1.54) is 0 Å². The maximum Gasteiger partial charge on any atom is 0.365 e. The normalized spacial score (nSPS) is 11.8. The van der Waals surface area contributed by atoms with Crippen LogP contribution in [0.3, 0.4) is 0 Å². The van der Waals surface area contributed by atoms with E-state index in [-0.39, 0.29) is 0 Å². The standard InChI is InChI=1S/C12H10BrNO3/c1-7-9(12(15)17-14-7)5-8-3-4-11(16-2)10(13)6-8/h3-6,14H,1H2,2H3/b9-5+. The highest BCUT2D eigenvalue weighted by atomic mass is 79.9. The zero-order valence-corrected chi connectivity index (χ0v) is 10.7. The molecular formula is C12H10BrNO3. The molecule has 0 aliphatic heterocycles. The fourth-order valence-corrected chi connectivity index (χ4v) is 1.98. The SMILES string of the molecule is C=c1[nH]oc(=O)/c1=C/c1ccc(OC)c(Br)c1. The highest BCUT2D eigenvalue weighted by Gasteiger charge is 2.01. The number of hydrogen-bond acceptors (Lipinski definition) is 3. The Labute approximate surface area is 105 Å². The van der Waals surface area contributed by atoms with Crippen molar-refractivity contribution in [2.45, 2.75) is 0 Å². The van der Waals surface area contributed by atoms with Crippen molar-refractivity contribution in [3.8, 4) is 5.75 Å². The number of rotatable bonds is 2. The number of halogens is 1. The van der Waals surface area contributed by atoms with Gasteiger partial charge in [-0.1, -0.05) is 12.6 Å². The van der Waals surface area contributed by atoms with Crippen LogP contribution in [-0.4, -0.2) is 12.3 Å². The molecule has 0 radical (unpaired) electrons. The number of benzene rings is 1. The third-order valence-corrected chi connectivity index (χ3v) is 2.92. The van der Waals surface area contributed by atoms with Gasteiger partial charge in [-0.15, -0.1) is 0 Å². The van der Waals surface area contributed by atoms with Crippen molar-refractivity contribution in [1.82, 2.24) is 5.16 Å². The summed E-state index contributed by atoms with van der Waals surface area (Å²) in [6.07, 6.45) is 1.70. The van der Waals surface area contributed by atoms with E-state index in [1.54, 1.807) is 13.2 Å². The summed E-state index contributed by atoms with van der Waals surface area (Å²) in [5.41, 5.74) is 0.427. The molecular weight excluding hydrogens is 286 g/mol. The quantitative estimate of drug-likeness (QED) is 0.899. The van der Waals surface area contributed by atoms with Gasteiger partial charge in [0.2, 0.25) is 0 Å². The lowest BCUT2D eigenvalue weighted by Crippen LogP contribution is -2.31. The number of methoxy groups -OCH3 is 1. The Balaban J connectivity index is 2.58. The highest BCUT2D eigenvalue weighted by molar-refractivity contribution is 9.10. The molecule has 0 saturated heterocycles. The minimum Gasteiger partial charge on any atom is -0.496 e. The molecule has 1 heterocycles. The average molecular weight is 296 g/mol. The summed E-state index contributed by atoms with van der Waals surface area (Å²) < 4.78 is 10.6. The van der Waals surface area contributed by atoms with Gasteiger partial charge in [-0.25, -0.2) is 9.95 Å². The molecule has 0 bridgehead atoms. The maximum atomic E-state index is 11.3. The molecule has 1 aromatic carbocycles. The number of ether oxygens (including phenoxy) is 1. The minimum atomic E-state index is -0.429. The number of aromatic amines is 1. The van der Waals surface area contributed by atoms with Gasteiger partial charge in [0.1, 0.15) is 5.75 Å². The van der Waals surface area contributed by atoms with Crippen LogP contribution in [0.25, 0.3) is 12.7 Å². The lowest BCUT2D eigenvalue weighted by molar-refractivity contribution is 0.386. The predicted octanol–water partition coefficient (Wildman–Crippen LogP) is 0.978. The van der Waals surface area contributed by atoms with Crippen LogP contribution in [-0.2, 0) is 0 Å². The van der Waals surface area contributed by atoms with Crippen LogP contribution < -0.4 is 20.9 Å². The van der Waals surface area contributed by atoms with Gasteiger partial charge in [0.15, 0.2) is 0 Å². The molecule has 2 rings (SSSR count). The molecule has 0 fully saturated rings. The molecule has 2 aromatic rings. The van der Waals surface area contributed by atoms with E-state index in [9.17, 15) is 4.79 Å². The molecule has 0 atom stereocenters. The van der Waals surface area contributed by atoms with Crippen LogP contribution >= 0.6 is 15.9 Å². The lowest BCUT2D eigenvalue weighted by atomic mass is 10.2. The number of aromatic nitrogens is 1. The number of H-pyrrole nitrogens is 1. The topological polar surface area (TPSA) is 55.2 Å². The fourth-order valence-electron chi connectivity index (χ4n) is 1.43. The van der Waals surface area contributed by atoms with Crippen LogP contribution in [0.15, 0.2) is 32.0 Å². The summed E-state index contributed by atoms with van der Waals surface area (Å²) >= 11 is 3.38. The second kappa shape index (κ2) is 4.63. The lowest BCUT2D eigenvalue weighted by Gasteiger charge is -2.02. The van der Waals surface area contributed by atoms with Crippen molar-refractivity contribution in [2.24, 2.45) is 0 Å². The molecule has 5 heteroatoms. The first-order chi connectivity index (χ1) is 8.11. The second-order valence-electron chi connectivity index (χ2n) is 3.42. The van der Waals surface area contributed by atoms with Gasteiger partial charge >= 0.3 is 5.63 Å². The summed E-state index contributed by atoms with van der Waals surface area (Å²) in [6, 6.07) is 5.51. The van der Waals surface area contributed by atoms with Gasteiger partial charge in [0.25, 0.3) is 0 Å². The first-order valence-electron chi connectivity index (χ1n) is 4.83.